The summed E-state index contributed by atoms with van der Waals surface area (Å²) in [6.45, 7) is 11.6. The maximum atomic E-state index is 7.01. The molecule has 2 aromatic heterocycles. The van der Waals surface area contributed by atoms with E-state index < -0.39 is 0 Å². The molecule has 5 nitrogen and oxygen atoms in total. The van der Waals surface area contributed by atoms with E-state index in [4.69, 9.17) is 22.9 Å². The summed E-state index contributed by atoms with van der Waals surface area (Å²) in [5.41, 5.74) is 1.82. The number of thiazole rings is 1. The molecule has 3 rings (SSSR count). The molecule has 132 valence electrons. The van der Waals surface area contributed by atoms with E-state index in [2.05, 4.69) is 20.1 Å². The number of anilines is 1. The average Bonchev–Trinajstić information content (AvgIpc) is 3.10. The van der Waals surface area contributed by atoms with Crippen LogP contribution in [0.3, 0.4) is 0 Å². The number of ether oxygens (including phenoxy) is 1. The summed E-state index contributed by atoms with van der Waals surface area (Å²) in [6.07, 6.45) is 3.54. The highest BCUT2D eigenvalue weighted by Gasteiger charge is 2.10. The normalized spacial score (nSPS) is 10.6. The molecule has 0 aliphatic rings. The van der Waals surface area contributed by atoms with E-state index in [9.17, 15) is 0 Å². The van der Waals surface area contributed by atoms with Crippen LogP contribution in [0.25, 0.3) is 15.4 Å². The Balaban J connectivity index is 1.69. The molecular weight excluding hydrogens is 368 g/mol. The molecule has 0 unspecified atom stereocenters. The number of pyridine rings is 1. The van der Waals surface area contributed by atoms with Crippen LogP contribution in [-0.4, -0.2) is 16.1 Å². The first-order chi connectivity index (χ1) is 12.5. The molecule has 0 atom stereocenters. The molecule has 1 N–H and O–H groups in total. The Hall–Kier alpha value is -2.62. The molecule has 0 aliphatic carbocycles. The van der Waals surface area contributed by atoms with E-state index in [1.54, 1.807) is 23.6 Å². The number of halogens is 1. The van der Waals surface area contributed by atoms with Crippen molar-refractivity contribution in [2.24, 2.45) is 0 Å². The van der Waals surface area contributed by atoms with Crippen molar-refractivity contribution in [2.45, 2.75) is 26.5 Å². The third-order valence-electron chi connectivity index (χ3n) is 3.42. The standard InChI is InChI=1S/C19H17ClN4OS/c1-12(2)25-17-5-4-13(8-16(17)20)19-24-11-15(26-19)10-23-14-6-7-22-18(9-14)21-3/h4-9,11-12H,10H2,1-2H3,(H,22,23). The zero-order valence-electron chi connectivity index (χ0n) is 14.4. The monoisotopic (exact) mass is 384 g/mol. The zero-order valence-corrected chi connectivity index (χ0v) is 15.9. The molecule has 0 aliphatic heterocycles. The number of nitrogens with one attached hydrogen (secondary N) is 1. The Labute approximate surface area is 161 Å². The van der Waals surface area contributed by atoms with Crippen molar-refractivity contribution in [3.63, 3.8) is 0 Å². The fourth-order valence-corrected chi connectivity index (χ4v) is 3.36. The van der Waals surface area contributed by atoms with Crippen LogP contribution in [0.5, 0.6) is 5.75 Å². The second-order valence-corrected chi connectivity index (χ2v) is 7.33. The van der Waals surface area contributed by atoms with Gasteiger partial charge in [-0.15, -0.1) is 16.3 Å². The van der Waals surface area contributed by atoms with E-state index >= 15 is 0 Å². The van der Waals surface area contributed by atoms with Gasteiger partial charge in [-0.2, -0.15) is 0 Å². The van der Waals surface area contributed by atoms with Crippen molar-refractivity contribution in [3.05, 3.63) is 64.0 Å². The molecule has 0 spiro atoms. The van der Waals surface area contributed by atoms with Crippen LogP contribution in [0, 0.1) is 6.57 Å². The van der Waals surface area contributed by atoms with E-state index in [0.717, 1.165) is 21.1 Å². The van der Waals surface area contributed by atoms with Crippen LogP contribution in [0.2, 0.25) is 5.02 Å². The Bertz CT molecular complexity index is 949. The molecule has 0 saturated carbocycles. The minimum absolute atomic E-state index is 0.0763. The number of hydrogen-bond donors (Lipinski definition) is 1. The van der Waals surface area contributed by atoms with E-state index in [-0.39, 0.29) is 6.10 Å². The topological polar surface area (TPSA) is 51.4 Å². The van der Waals surface area contributed by atoms with E-state index in [0.29, 0.717) is 23.1 Å². The van der Waals surface area contributed by atoms with Gasteiger partial charge in [0.2, 0.25) is 0 Å². The number of aromatic nitrogens is 2. The molecule has 0 bridgehead atoms. The molecular formula is C19H17ClN4OS. The summed E-state index contributed by atoms with van der Waals surface area (Å²) in [5, 5.41) is 4.76. The highest BCUT2D eigenvalue weighted by molar-refractivity contribution is 7.15. The first kappa shape index (κ1) is 18.2. The fraction of sp³-hybridized carbons (Fsp3) is 0.211. The third-order valence-corrected chi connectivity index (χ3v) is 4.76. The SMILES string of the molecule is [C-]#[N+]c1cc(NCc2cnc(-c3ccc(OC(C)C)c(Cl)c3)s2)ccn1. The van der Waals surface area contributed by atoms with Crippen molar-refractivity contribution in [3.8, 4) is 16.3 Å². The number of rotatable bonds is 6. The Morgan fingerprint density at radius 3 is 2.85 bits per heavy atom. The van der Waals surface area contributed by atoms with E-state index in [1.165, 1.54) is 0 Å². The summed E-state index contributed by atoms with van der Waals surface area (Å²) in [7, 11) is 0. The lowest BCUT2D eigenvalue weighted by molar-refractivity contribution is 0.242. The summed E-state index contributed by atoms with van der Waals surface area (Å²) in [5.74, 6) is 1.05. The van der Waals surface area contributed by atoms with Crippen molar-refractivity contribution in [1.29, 1.82) is 0 Å². The van der Waals surface area contributed by atoms with E-state index in [1.807, 2.05) is 44.3 Å². The summed E-state index contributed by atoms with van der Waals surface area (Å²) < 4.78 is 5.66. The van der Waals surface area contributed by atoms with Gasteiger partial charge in [0.25, 0.3) is 5.82 Å². The van der Waals surface area contributed by atoms with Gasteiger partial charge in [-0.3, -0.25) is 0 Å². The lowest BCUT2D eigenvalue weighted by Crippen LogP contribution is -2.05. The maximum Gasteiger partial charge on any atom is 0.271 e. The highest BCUT2D eigenvalue weighted by Crippen LogP contribution is 2.33. The second kappa shape index (κ2) is 8.17. The minimum atomic E-state index is 0.0763. The van der Waals surface area contributed by atoms with Crippen molar-refractivity contribution < 1.29 is 4.74 Å². The Morgan fingerprint density at radius 2 is 2.12 bits per heavy atom. The van der Waals surface area contributed by atoms with Gasteiger partial charge in [0.15, 0.2) is 0 Å². The minimum Gasteiger partial charge on any atom is -0.489 e. The molecule has 0 radical (unpaired) electrons. The Morgan fingerprint density at radius 1 is 1.27 bits per heavy atom. The number of benzene rings is 1. The van der Waals surface area contributed by atoms with Crippen LogP contribution >= 0.6 is 22.9 Å². The number of hydrogen-bond acceptors (Lipinski definition) is 5. The molecule has 0 fully saturated rings. The Kier molecular flexibility index (Phi) is 5.71. The smallest absolute Gasteiger partial charge is 0.271 e. The molecule has 3 aromatic rings. The molecule has 2 heterocycles. The van der Waals surface area contributed by atoms with Crippen LogP contribution in [0.4, 0.5) is 11.5 Å². The molecule has 1 aromatic carbocycles. The van der Waals surface area contributed by atoms with Gasteiger partial charge in [-0.05, 0) is 38.1 Å². The summed E-state index contributed by atoms with van der Waals surface area (Å²) >= 11 is 7.90. The van der Waals surface area contributed by atoms with Crippen molar-refractivity contribution in [1.82, 2.24) is 9.97 Å². The summed E-state index contributed by atoms with van der Waals surface area (Å²) in [4.78, 5) is 12.9. The highest BCUT2D eigenvalue weighted by atomic mass is 35.5. The largest absolute Gasteiger partial charge is 0.489 e. The van der Waals surface area contributed by atoms with Gasteiger partial charge in [0.1, 0.15) is 17.0 Å². The van der Waals surface area contributed by atoms with Crippen LogP contribution in [-0.2, 0) is 6.54 Å². The summed E-state index contributed by atoms with van der Waals surface area (Å²) in [6, 6.07) is 9.27. The van der Waals surface area contributed by atoms with Gasteiger partial charge in [-0.1, -0.05) is 18.2 Å². The fourth-order valence-electron chi connectivity index (χ4n) is 2.28. The predicted molar refractivity (Wildman–Crippen MR) is 106 cm³/mol. The molecule has 7 heteroatoms. The van der Waals surface area contributed by atoms with Crippen LogP contribution in [0.15, 0.2) is 42.7 Å². The second-order valence-electron chi connectivity index (χ2n) is 5.81. The van der Waals surface area contributed by atoms with Crippen LogP contribution < -0.4 is 10.1 Å². The molecule has 0 amide bonds. The lowest BCUT2D eigenvalue weighted by Gasteiger charge is -2.11. The molecule has 0 saturated heterocycles. The third kappa shape index (κ3) is 4.51. The van der Waals surface area contributed by atoms with Crippen molar-refractivity contribution >= 4 is 34.4 Å². The average molecular weight is 385 g/mol. The van der Waals surface area contributed by atoms with Crippen LogP contribution in [0.1, 0.15) is 18.7 Å². The van der Waals surface area contributed by atoms with Crippen molar-refractivity contribution in [2.75, 3.05) is 5.32 Å². The number of nitrogens with zero attached hydrogens (tertiary/aromatic N) is 3. The van der Waals surface area contributed by atoms with Gasteiger partial charge in [0, 0.05) is 28.4 Å². The van der Waals surface area contributed by atoms with Gasteiger partial charge in [-0.25, -0.2) is 4.98 Å². The van der Waals surface area contributed by atoms with Gasteiger partial charge in [0.05, 0.1) is 17.7 Å². The first-order valence-electron chi connectivity index (χ1n) is 8.04. The lowest BCUT2D eigenvalue weighted by atomic mass is 10.2. The molecule has 26 heavy (non-hydrogen) atoms. The zero-order chi connectivity index (χ0) is 18.5. The van der Waals surface area contributed by atoms with Gasteiger partial charge < -0.3 is 14.9 Å². The quantitative estimate of drug-likeness (QED) is 0.545. The first-order valence-corrected chi connectivity index (χ1v) is 9.23. The predicted octanol–water partition coefficient (Wildman–Crippen LogP) is 5.81. The maximum absolute atomic E-state index is 7.01. The van der Waals surface area contributed by atoms with Gasteiger partial charge >= 0.3 is 0 Å².